The highest BCUT2D eigenvalue weighted by Gasteiger charge is 2.28. The molecule has 0 bridgehead atoms. The number of rotatable bonds is 10. The van der Waals surface area contributed by atoms with E-state index in [-0.39, 0.29) is 24.6 Å². The molecule has 3 aromatic rings. The predicted octanol–water partition coefficient (Wildman–Crippen LogP) is 5.25. The molecule has 1 aromatic heterocycles. The Labute approximate surface area is 205 Å². The third-order valence-electron chi connectivity index (χ3n) is 5.48. The van der Waals surface area contributed by atoms with Crippen LogP contribution in [-0.2, 0) is 27.8 Å². The topological polar surface area (TPSA) is 88.7 Å². The summed E-state index contributed by atoms with van der Waals surface area (Å²) in [5.41, 5.74) is 3.07. The van der Waals surface area contributed by atoms with Crippen molar-refractivity contribution in [1.82, 2.24) is 9.29 Å². The number of nitrogens with one attached hydrogen (secondary N) is 1. The highest BCUT2D eigenvalue weighted by Crippen LogP contribution is 2.28. The second-order valence-corrected chi connectivity index (χ2v) is 10.1. The van der Waals surface area contributed by atoms with Crippen molar-refractivity contribution in [3.8, 4) is 5.75 Å². The zero-order valence-electron chi connectivity index (χ0n) is 19.7. The average Bonchev–Trinajstić information content (AvgIpc) is 3.09. The zero-order valence-corrected chi connectivity index (χ0v) is 21.3. The van der Waals surface area contributed by atoms with Crippen molar-refractivity contribution in [3.05, 3.63) is 81.6 Å². The molecule has 1 heterocycles. The van der Waals surface area contributed by atoms with Gasteiger partial charge in [0, 0.05) is 23.8 Å². The molecule has 0 radical (unpaired) electrons. The number of esters is 1. The van der Waals surface area contributed by atoms with Crippen molar-refractivity contribution in [2.45, 2.75) is 45.7 Å². The van der Waals surface area contributed by atoms with E-state index < -0.39 is 16.0 Å². The highest BCUT2D eigenvalue weighted by atomic mass is 35.5. The minimum absolute atomic E-state index is 0.0499. The summed E-state index contributed by atoms with van der Waals surface area (Å²) in [6, 6.07) is 13.5. The van der Waals surface area contributed by atoms with Gasteiger partial charge in [-0.25, -0.2) is 13.2 Å². The number of halogens is 1. The number of aromatic nitrogens is 1. The van der Waals surface area contributed by atoms with Gasteiger partial charge in [-0.2, -0.15) is 4.31 Å². The van der Waals surface area contributed by atoms with Crippen LogP contribution >= 0.6 is 11.6 Å². The fourth-order valence-electron chi connectivity index (χ4n) is 3.68. The minimum atomic E-state index is -3.91. The number of aromatic amines is 1. The SMILES string of the molecule is CCOC(=O)c1[nH]c(C)c(CN(Cc2ccccc2Cl)S(=O)(=O)c2ccc(OCC)cc2)c1C. The van der Waals surface area contributed by atoms with Gasteiger partial charge in [0.05, 0.1) is 18.1 Å². The van der Waals surface area contributed by atoms with Gasteiger partial charge < -0.3 is 14.5 Å². The standard InChI is InChI=1S/C25H29ClN2O5S/c1-5-32-20-11-13-21(14-12-20)34(30,31)28(15-19-9-7-8-10-23(19)26)16-22-17(3)24(27-18(22)4)25(29)33-6-2/h7-14,27H,5-6,15-16H2,1-4H3. The molecule has 0 fully saturated rings. The maximum atomic E-state index is 13.7. The number of ether oxygens (including phenoxy) is 2. The van der Waals surface area contributed by atoms with E-state index in [0.717, 1.165) is 0 Å². The molecule has 2 aromatic carbocycles. The van der Waals surface area contributed by atoms with Gasteiger partial charge in [-0.3, -0.25) is 0 Å². The largest absolute Gasteiger partial charge is 0.494 e. The fourth-order valence-corrected chi connectivity index (χ4v) is 5.26. The van der Waals surface area contributed by atoms with Gasteiger partial charge in [-0.05, 0) is 74.7 Å². The first-order chi connectivity index (χ1) is 16.2. The zero-order chi connectivity index (χ0) is 24.9. The van der Waals surface area contributed by atoms with Crippen molar-refractivity contribution >= 4 is 27.6 Å². The van der Waals surface area contributed by atoms with Gasteiger partial charge in [0.15, 0.2) is 0 Å². The molecular formula is C25H29ClN2O5S. The molecule has 9 heteroatoms. The molecule has 0 amide bonds. The summed E-state index contributed by atoms with van der Waals surface area (Å²) in [7, 11) is -3.91. The molecule has 182 valence electrons. The number of carbonyl (C=O) groups excluding carboxylic acids is 1. The van der Waals surface area contributed by atoms with E-state index >= 15 is 0 Å². The maximum absolute atomic E-state index is 13.7. The number of nitrogens with zero attached hydrogens (tertiary/aromatic N) is 1. The van der Waals surface area contributed by atoms with Gasteiger partial charge in [0.2, 0.25) is 10.0 Å². The van der Waals surface area contributed by atoms with E-state index in [0.29, 0.717) is 45.5 Å². The van der Waals surface area contributed by atoms with E-state index in [9.17, 15) is 13.2 Å². The molecule has 7 nitrogen and oxygen atoms in total. The highest BCUT2D eigenvalue weighted by molar-refractivity contribution is 7.89. The van der Waals surface area contributed by atoms with Gasteiger partial charge in [-0.15, -0.1) is 0 Å². The Hall–Kier alpha value is -2.81. The average molecular weight is 505 g/mol. The molecule has 0 aliphatic rings. The third-order valence-corrected chi connectivity index (χ3v) is 7.66. The molecular weight excluding hydrogens is 476 g/mol. The number of sulfonamides is 1. The van der Waals surface area contributed by atoms with Gasteiger partial charge in [0.1, 0.15) is 11.4 Å². The fraction of sp³-hybridized carbons (Fsp3) is 0.320. The molecule has 0 saturated carbocycles. The van der Waals surface area contributed by atoms with Crippen molar-refractivity contribution in [1.29, 1.82) is 0 Å². The Morgan fingerprint density at radius 2 is 1.68 bits per heavy atom. The van der Waals surface area contributed by atoms with Crippen LogP contribution in [0.3, 0.4) is 0 Å². The summed E-state index contributed by atoms with van der Waals surface area (Å²) in [5, 5.41) is 0.476. The molecule has 0 saturated heterocycles. The third kappa shape index (κ3) is 5.63. The number of carbonyl (C=O) groups is 1. The van der Waals surface area contributed by atoms with Crippen LogP contribution in [0.25, 0.3) is 0 Å². The normalized spacial score (nSPS) is 11.6. The number of aryl methyl sites for hydroxylation is 1. The Morgan fingerprint density at radius 1 is 1.00 bits per heavy atom. The molecule has 1 N–H and O–H groups in total. The van der Waals surface area contributed by atoms with Crippen LogP contribution in [0.5, 0.6) is 5.75 Å². The van der Waals surface area contributed by atoms with Crippen molar-refractivity contribution < 1.29 is 22.7 Å². The second kappa shape index (κ2) is 11.1. The van der Waals surface area contributed by atoms with Crippen LogP contribution in [0.15, 0.2) is 53.4 Å². The molecule has 0 spiro atoms. The van der Waals surface area contributed by atoms with Gasteiger partial charge in [0.25, 0.3) is 0 Å². The van der Waals surface area contributed by atoms with Crippen molar-refractivity contribution in [2.24, 2.45) is 0 Å². The number of H-pyrrole nitrogens is 1. The lowest BCUT2D eigenvalue weighted by atomic mass is 10.1. The predicted molar refractivity (Wildman–Crippen MR) is 132 cm³/mol. The summed E-state index contributed by atoms with van der Waals surface area (Å²) in [5.74, 6) is 0.122. The second-order valence-electron chi connectivity index (χ2n) is 7.72. The van der Waals surface area contributed by atoms with Crippen LogP contribution in [-0.4, -0.2) is 36.9 Å². The Kier molecular flexibility index (Phi) is 8.41. The first kappa shape index (κ1) is 25.8. The minimum Gasteiger partial charge on any atom is -0.494 e. The molecule has 0 unspecified atom stereocenters. The molecule has 3 rings (SSSR count). The number of benzene rings is 2. The van der Waals surface area contributed by atoms with Gasteiger partial charge in [-0.1, -0.05) is 29.8 Å². The smallest absolute Gasteiger partial charge is 0.355 e. The quantitative estimate of drug-likeness (QED) is 0.381. The van der Waals surface area contributed by atoms with Crippen LogP contribution in [0.2, 0.25) is 5.02 Å². The molecule has 0 aliphatic carbocycles. The van der Waals surface area contributed by atoms with Crippen molar-refractivity contribution in [3.63, 3.8) is 0 Å². The summed E-state index contributed by atoms with van der Waals surface area (Å²) in [6.45, 7) is 8.03. The lowest BCUT2D eigenvalue weighted by molar-refractivity contribution is 0.0519. The Balaban J connectivity index is 2.03. The van der Waals surface area contributed by atoms with Gasteiger partial charge >= 0.3 is 5.97 Å². The first-order valence-corrected chi connectivity index (χ1v) is 12.8. The first-order valence-electron chi connectivity index (χ1n) is 11.0. The number of hydrogen-bond acceptors (Lipinski definition) is 5. The molecule has 0 aliphatic heterocycles. The van der Waals surface area contributed by atoms with E-state index in [1.165, 1.54) is 16.4 Å². The van der Waals surface area contributed by atoms with Crippen LogP contribution in [0.4, 0.5) is 0 Å². The lowest BCUT2D eigenvalue weighted by Gasteiger charge is -2.23. The van der Waals surface area contributed by atoms with E-state index in [4.69, 9.17) is 21.1 Å². The summed E-state index contributed by atoms with van der Waals surface area (Å²) in [4.78, 5) is 15.5. The summed E-state index contributed by atoms with van der Waals surface area (Å²) >= 11 is 6.36. The summed E-state index contributed by atoms with van der Waals surface area (Å²) in [6.07, 6.45) is 0. The Bertz CT molecular complexity index is 1250. The van der Waals surface area contributed by atoms with E-state index in [1.54, 1.807) is 44.2 Å². The van der Waals surface area contributed by atoms with Crippen LogP contribution in [0, 0.1) is 13.8 Å². The van der Waals surface area contributed by atoms with E-state index in [1.807, 2.05) is 19.9 Å². The monoisotopic (exact) mass is 504 g/mol. The molecule has 0 atom stereocenters. The van der Waals surface area contributed by atoms with Crippen LogP contribution < -0.4 is 4.74 Å². The number of hydrogen-bond donors (Lipinski definition) is 1. The summed E-state index contributed by atoms with van der Waals surface area (Å²) < 4.78 is 39.4. The lowest BCUT2D eigenvalue weighted by Crippen LogP contribution is -2.30. The van der Waals surface area contributed by atoms with E-state index in [2.05, 4.69) is 4.98 Å². The van der Waals surface area contributed by atoms with Crippen molar-refractivity contribution in [2.75, 3.05) is 13.2 Å². The Morgan fingerprint density at radius 3 is 2.29 bits per heavy atom. The maximum Gasteiger partial charge on any atom is 0.355 e. The molecule has 34 heavy (non-hydrogen) atoms. The van der Waals surface area contributed by atoms with Crippen LogP contribution in [0.1, 0.15) is 46.7 Å².